The van der Waals surface area contributed by atoms with Gasteiger partial charge in [-0.2, -0.15) is 5.10 Å². The number of halogens is 1. The highest BCUT2D eigenvalue weighted by Crippen LogP contribution is 2.28. The molecule has 0 bridgehead atoms. The summed E-state index contributed by atoms with van der Waals surface area (Å²) in [4.78, 5) is 16.6. The second-order valence-electron chi connectivity index (χ2n) is 7.66. The highest BCUT2D eigenvalue weighted by atomic mass is 79.9. The molecule has 1 amide bonds. The standard InChI is InChI=1S/C26H19BrN6O2S/c27-19-6-8-20(9-7-19)33-25(18-11-13-28-14-12-18)31-32-26(33)36-16-24(35)30-29-15-22-21-4-2-1-3-17(21)5-10-23(22)34/h1-15,34H,16H2,(H,30,35)/b29-15-. The minimum Gasteiger partial charge on any atom is -0.507 e. The number of phenolic OH excluding ortho intramolecular Hbond substituents is 1. The van der Waals surface area contributed by atoms with Crippen LogP contribution in [0.2, 0.25) is 0 Å². The van der Waals surface area contributed by atoms with E-state index in [-0.39, 0.29) is 17.4 Å². The molecule has 0 aliphatic carbocycles. The van der Waals surface area contributed by atoms with Crippen molar-refractivity contribution >= 4 is 50.6 Å². The SMILES string of the molecule is O=C(CSc1nnc(-c2ccncc2)n1-c1ccc(Br)cc1)N/N=C\c1c(O)ccc2ccccc12. The molecule has 0 fully saturated rings. The van der Waals surface area contributed by atoms with Crippen molar-refractivity contribution < 1.29 is 9.90 Å². The fourth-order valence-electron chi connectivity index (χ4n) is 3.63. The first-order valence-electron chi connectivity index (χ1n) is 10.9. The van der Waals surface area contributed by atoms with Gasteiger partial charge in [-0.25, -0.2) is 5.43 Å². The molecule has 178 valence electrons. The molecule has 2 N–H and O–H groups in total. The van der Waals surface area contributed by atoms with Crippen LogP contribution < -0.4 is 5.43 Å². The largest absolute Gasteiger partial charge is 0.507 e. The zero-order valence-corrected chi connectivity index (χ0v) is 21.1. The molecule has 0 saturated carbocycles. The first kappa shape index (κ1) is 23.7. The first-order chi connectivity index (χ1) is 17.6. The van der Waals surface area contributed by atoms with Gasteiger partial charge in [-0.05, 0) is 53.2 Å². The molecule has 0 aliphatic rings. The lowest BCUT2D eigenvalue weighted by molar-refractivity contribution is -0.118. The molecular formula is C26H19BrN6O2S. The van der Waals surface area contributed by atoms with E-state index >= 15 is 0 Å². The normalized spacial score (nSPS) is 11.2. The Morgan fingerprint density at radius 2 is 1.81 bits per heavy atom. The van der Waals surface area contributed by atoms with Crippen LogP contribution in [0.25, 0.3) is 27.8 Å². The highest BCUT2D eigenvalue weighted by molar-refractivity contribution is 9.10. The number of hydrazone groups is 1. The van der Waals surface area contributed by atoms with E-state index in [1.807, 2.05) is 71.3 Å². The van der Waals surface area contributed by atoms with Crippen molar-refractivity contribution in [3.8, 4) is 22.8 Å². The number of nitrogens with one attached hydrogen (secondary N) is 1. The number of amides is 1. The van der Waals surface area contributed by atoms with Crippen LogP contribution in [0.3, 0.4) is 0 Å². The molecule has 3 aromatic carbocycles. The third-order valence-corrected chi connectivity index (χ3v) is 6.78. The average Bonchev–Trinajstić information content (AvgIpc) is 3.33. The maximum absolute atomic E-state index is 12.5. The predicted molar refractivity (Wildman–Crippen MR) is 144 cm³/mol. The van der Waals surface area contributed by atoms with Gasteiger partial charge >= 0.3 is 0 Å². The number of benzene rings is 3. The summed E-state index contributed by atoms with van der Waals surface area (Å²) in [6.07, 6.45) is 4.84. The van der Waals surface area contributed by atoms with Gasteiger partial charge in [-0.1, -0.05) is 58.0 Å². The van der Waals surface area contributed by atoms with E-state index in [2.05, 4.69) is 41.6 Å². The minimum atomic E-state index is -0.313. The third kappa shape index (κ3) is 5.14. The van der Waals surface area contributed by atoms with Crippen molar-refractivity contribution in [2.75, 3.05) is 5.75 Å². The minimum absolute atomic E-state index is 0.0733. The molecule has 5 rings (SSSR count). The Morgan fingerprint density at radius 1 is 1.03 bits per heavy atom. The van der Waals surface area contributed by atoms with Crippen LogP contribution in [0.1, 0.15) is 5.56 Å². The fourth-order valence-corrected chi connectivity index (χ4v) is 4.63. The number of hydrogen-bond donors (Lipinski definition) is 2. The van der Waals surface area contributed by atoms with Gasteiger partial charge in [0.2, 0.25) is 0 Å². The summed E-state index contributed by atoms with van der Waals surface area (Å²) >= 11 is 4.71. The molecule has 5 aromatic rings. The number of rotatable bonds is 7. The Bertz CT molecular complexity index is 1550. The van der Waals surface area contributed by atoms with Crippen molar-refractivity contribution in [1.82, 2.24) is 25.2 Å². The zero-order valence-electron chi connectivity index (χ0n) is 18.7. The van der Waals surface area contributed by atoms with Crippen LogP contribution >= 0.6 is 27.7 Å². The maximum Gasteiger partial charge on any atom is 0.250 e. The van der Waals surface area contributed by atoms with Crippen molar-refractivity contribution in [3.05, 3.63) is 95.2 Å². The van der Waals surface area contributed by atoms with E-state index in [1.54, 1.807) is 18.5 Å². The molecule has 0 saturated heterocycles. The van der Waals surface area contributed by atoms with Crippen molar-refractivity contribution in [1.29, 1.82) is 0 Å². The van der Waals surface area contributed by atoms with E-state index in [0.29, 0.717) is 16.5 Å². The molecule has 0 atom stereocenters. The summed E-state index contributed by atoms with van der Waals surface area (Å²) in [6, 6.07) is 22.6. The molecular weight excluding hydrogens is 540 g/mol. The van der Waals surface area contributed by atoms with Gasteiger partial charge in [0.05, 0.1) is 12.0 Å². The van der Waals surface area contributed by atoms with Gasteiger partial charge in [0.25, 0.3) is 5.91 Å². The zero-order chi connectivity index (χ0) is 24.9. The lowest BCUT2D eigenvalue weighted by Gasteiger charge is -2.10. The van der Waals surface area contributed by atoms with Gasteiger partial charge in [0.1, 0.15) is 5.75 Å². The monoisotopic (exact) mass is 558 g/mol. The number of carbonyl (C=O) groups is 1. The van der Waals surface area contributed by atoms with Gasteiger partial charge in [0, 0.05) is 33.7 Å². The quantitative estimate of drug-likeness (QED) is 0.162. The van der Waals surface area contributed by atoms with E-state index < -0.39 is 0 Å². The number of aromatic hydroxyl groups is 1. The molecule has 0 radical (unpaired) electrons. The van der Waals surface area contributed by atoms with E-state index in [4.69, 9.17) is 0 Å². The number of nitrogens with zero attached hydrogens (tertiary/aromatic N) is 5. The van der Waals surface area contributed by atoms with E-state index in [9.17, 15) is 9.90 Å². The number of pyridine rings is 1. The Labute approximate surface area is 219 Å². The number of fused-ring (bicyclic) bond motifs is 1. The molecule has 0 spiro atoms. The smallest absolute Gasteiger partial charge is 0.250 e. The molecule has 0 aliphatic heterocycles. The average molecular weight is 559 g/mol. The highest BCUT2D eigenvalue weighted by Gasteiger charge is 2.17. The fraction of sp³-hybridized carbons (Fsp3) is 0.0385. The number of aromatic nitrogens is 4. The predicted octanol–water partition coefficient (Wildman–Crippen LogP) is 5.19. The molecule has 36 heavy (non-hydrogen) atoms. The molecule has 10 heteroatoms. The molecule has 2 heterocycles. The lowest BCUT2D eigenvalue weighted by atomic mass is 10.0. The summed E-state index contributed by atoms with van der Waals surface area (Å²) in [5, 5.41) is 25.4. The Kier molecular flexibility index (Phi) is 7.06. The van der Waals surface area contributed by atoms with Gasteiger partial charge in [-0.3, -0.25) is 14.3 Å². The van der Waals surface area contributed by atoms with Crippen molar-refractivity contribution in [3.63, 3.8) is 0 Å². The number of carbonyl (C=O) groups excluding carboxylic acids is 1. The van der Waals surface area contributed by atoms with E-state index in [0.717, 1.165) is 26.5 Å². The lowest BCUT2D eigenvalue weighted by Crippen LogP contribution is -2.20. The van der Waals surface area contributed by atoms with Crippen molar-refractivity contribution in [2.45, 2.75) is 5.16 Å². The Morgan fingerprint density at radius 3 is 2.61 bits per heavy atom. The van der Waals surface area contributed by atoms with E-state index in [1.165, 1.54) is 18.0 Å². The number of thioether (sulfide) groups is 1. The Balaban J connectivity index is 1.33. The summed E-state index contributed by atoms with van der Waals surface area (Å²) in [5.41, 5.74) is 4.79. The van der Waals surface area contributed by atoms with Crippen LogP contribution in [0, 0.1) is 0 Å². The summed E-state index contributed by atoms with van der Waals surface area (Å²) in [5.74, 6) is 0.496. The number of phenols is 1. The third-order valence-electron chi connectivity index (χ3n) is 5.32. The van der Waals surface area contributed by atoms with Crippen LogP contribution in [-0.2, 0) is 4.79 Å². The molecule has 2 aromatic heterocycles. The van der Waals surface area contributed by atoms with Crippen LogP contribution in [-0.4, -0.2) is 42.7 Å². The van der Waals surface area contributed by atoms with Crippen LogP contribution in [0.4, 0.5) is 0 Å². The van der Waals surface area contributed by atoms with Gasteiger partial charge in [-0.15, -0.1) is 10.2 Å². The van der Waals surface area contributed by atoms with Gasteiger partial charge < -0.3 is 5.11 Å². The topological polar surface area (TPSA) is 105 Å². The summed E-state index contributed by atoms with van der Waals surface area (Å²) in [7, 11) is 0. The summed E-state index contributed by atoms with van der Waals surface area (Å²) in [6.45, 7) is 0. The second kappa shape index (κ2) is 10.7. The number of hydrogen-bond acceptors (Lipinski definition) is 7. The van der Waals surface area contributed by atoms with Gasteiger partial charge in [0.15, 0.2) is 11.0 Å². The van der Waals surface area contributed by atoms with Crippen LogP contribution in [0.5, 0.6) is 5.75 Å². The van der Waals surface area contributed by atoms with Crippen LogP contribution in [0.15, 0.2) is 99.9 Å². The summed E-state index contributed by atoms with van der Waals surface area (Å²) < 4.78 is 2.85. The van der Waals surface area contributed by atoms with Crippen molar-refractivity contribution in [2.24, 2.45) is 5.10 Å². The molecule has 8 nitrogen and oxygen atoms in total. The maximum atomic E-state index is 12.5. The first-order valence-corrected chi connectivity index (χ1v) is 12.6. The second-order valence-corrected chi connectivity index (χ2v) is 9.51. The Hall–Kier alpha value is -4.02. The molecule has 0 unspecified atom stereocenters.